The van der Waals surface area contributed by atoms with Gasteiger partial charge in [0.15, 0.2) is 0 Å². The first-order valence-electron chi connectivity index (χ1n) is 7.05. The molecule has 0 aliphatic carbocycles. The molecule has 1 saturated heterocycles. The zero-order chi connectivity index (χ0) is 14.8. The van der Waals surface area contributed by atoms with Crippen molar-refractivity contribution in [1.29, 1.82) is 0 Å². The molecule has 1 aliphatic heterocycles. The number of ether oxygens (including phenoxy) is 1. The van der Waals surface area contributed by atoms with Crippen LogP contribution < -0.4 is 0 Å². The summed E-state index contributed by atoms with van der Waals surface area (Å²) in [5.74, 6) is -0.249. The highest BCUT2D eigenvalue weighted by Gasteiger charge is 2.47. The molecule has 1 fully saturated rings. The fourth-order valence-electron chi connectivity index (χ4n) is 3.11. The summed E-state index contributed by atoms with van der Waals surface area (Å²) in [5, 5.41) is 0. The van der Waals surface area contributed by atoms with Crippen LogP contribution in [0, 0.1) is 5.92 Å². The number of benzene rings is 1. The minimum Gasteiger partial charge on any atom is -0.453 e. The molecule has 1 aromatic rings. The number of hydrogen-bond acceptors (Lipinski definition) is 3. The SMILES string of the molecule is C[C@H]1[C@H](C)[C@@](OC(=O)CCl)(c2ccccc2)CCN1C. The van der Waals surface area contributed by atoms with Crippen molar-refractivity contribution in [2.75, 3.05) is 19.5 Å². The van der Waals surface area contributed by atoms with Gasteiger partial charge in [-0.15, -0.1) is 11.6 Å². The molecule has 0 aromatic heterocycles. The van der Waals surface area contributed by atoms with E-state index in [4.69, 9.17) is 16.3 Å². The van der Waals surface area contributed by atoms with Gasteiger partial charge in [-0.25, -0.2) is 0 Å². The predicted octanol–water partition coefficient (Wildman–Crippen LogP) is 3.02. The Morgan fingerprint density at radius 2 is 2.05 bits per heavy atom. The maximum absolute atomic E-state index is 11.8. The molecule has 1 heterocycles. The normalized spacial score (nSPS) is 31.0. The summed E-state index contributed by atoms with van der Waals surface area (Å²) in [6, 6.07) is 10.4. The molecule has 4 heteroatoms. The molecular formula is C16H22ClNO2. The Kier molecular flexibility index (Phi) is 4.71. The molecule has 1 aliphatic rings. The molecule has 20 heavy (non-hydrogen) atoms. The van der Waals surface area contributed by atoms with Crippen molar-refractivity contribution >= 4 is 17.6 Å². The summed E-state index contributed by atoms with van der Waals surface area (Å²) < 4.78 is 5.85. The van der Waals surface area contributed by atoms with Gasteiger partial charge in [0.25, 0.3) is 0 Å². The number of carbonyl (C=O) groups is 1. The van der Waals surface area contributed by atoms with Crippen molar-refractivity contribution in [1.82, 2.24) is 4.90 Å². The molecule has 0 N–H and O–H groups in total. The fraction of sp³-hybridized carbons (Fsp3) is 0.562. The third-order valence-corrected chi connectivity index (χ3v) is 4.88. The van der Waals surface area contributed by atoms with Gasteiger partial charge in [-0.05, 0) is 19.5 Å². The Hall–Kier alpha value is -1.06. The third-order valence-electron chi connectivity index (χ3n) is 4.66. The second-order valence-corrected chi connectivity index (χ2v) is 5.89. The van der Waals surface area contributed by atoms with E-state index in [0.717, 1.165) is 18.5 Å². The van der Waals surface area contributed by atoms with Gasteiger partial charge >= 0.3 is 5.97 Å². The van der Waals surface area contributed by atoms with E-state index in [1.807, 2.05) is 30.3 Å². The minimum absolute atomic E-state index is 0.106. The van der Waals surface area contributed by atoms with Crippen molar-refractivity contribution in [3.05, 3.63) is 35.9 Å². The maximum atomic E-state index is 11.8. The number of piperidine rings is 1. The maximum Gasteiger partial charge on any atom is 0.321 e. The molecule has 0 bridgehead atoms. The summed E-state index contributed by atoms with van der Waals surface area (Å²) in [6.07, 6.45) is 0.793. The zero-order valence-electron chi connectivity index (χ0n) is 12.3. The van der Waals surface area contributed by atoms with Crippen molar-refractivity contribution in [3.8, 4) is 0 Å². The Morgan fingerprint density at radius 1 is 1.40 bits per heavy atom. The Labute approximate surface area is 125 Å². The first kappa shape index (κ1) is 15.3. The second-order valence-electron chi connectivity index (χ2n) is 5.62. The highest BCUT2D eigenvalue weighted by Crippen LogP contribution is 2.43. The molecule has 3 nitrogen and oxygen atoms in total. The molecule has 2 rings (SSSR count). The Morgan fingerprint density at radius 3 is 2.65 bits per heavy atom. The molecule has 3 atom stereocenters. The van der Waals surface area contributed by atoms with Gasteiger partial charge in [-0.1, -0.05) is 37.3 Å². The summed E-state index contributed by atoms with van der Waals surface area (Å²) in [6.45, 7) is 5.22. The van der Waals surface area contributed by atoms with Crippen LogP contribution in [0.25, 0.3) is 0 Å². The van der Waals surface area contributed by atoms with Gasteiger partial charge in [0.05, 0.1) is 0 Å². The summed E-state index contributed by atoms with van der Waals surface area (Å²) >= 11 is 5.65. The molecule has 0 amide bonds. The summed E-state index contributed by atoms with van der Waals surface area (Å²) in [7, 11) is 2.11. The predicted molar refractivity (Wildman–Crippen MR) is 80.8 cm³/mol. The highest BCUT2D eigenvalue weighted by atomic mass is 35.5. The van der Waals surface area contributed by atoms with E-state index >= 15 is 0 Å². The third kappa shape index (κ3) is 2.70. The van der Waals surface area contributed by atoms with E-state index in [9.17, 15) is 4.79 Å². The Bertz CT molecular complexity index is 465. The average molecular weight is 296 g/mol. The Balaban J connectivity index is 2.42. The second kappa shape index (κ2) is 6.15. The first-order chi connectivity index (χ1) is 9.51. The number of hydrogen-bond donors (Lipinski definition) is 0. The highest BCUT2D eigenvalue weighted by molar-refractivity contribution is 6.26. The van der Waals surface area contributed by atoms with Crippen LogP contribution in [-0.2, 0) is 15.1 Å². The monoisotopic (exact) mass is 295 g/mol. The van der Waals surface area contributed by atoms with Crippen molar-refractivity contribution in [2.45, 2.75) is 31.9 Å². The number of rotatable bonds is 3. The van der Waals surface area contributed by atoms with Gasteiger partial charge in [-0.2, -0.15) is 0 Å². The molecule has 0 saturated carbocycles. The van der Waals surface area contributed by atoms with Crippen LogP contribution in [0.5, 0.6) is 0 Å². The number of alkyl halides is 1. The summed E-state index contributed by atoms with van der Waals surface area (Å²) in [5.41, 5.74) is 0.491. The lowest BCUT2D eigenvalue weighted by atomic mass is 9.73. The van der Waals surface area contributed by atoms with E-state index < -0.39 is 5.60 Å². The van der Waals surface area contributed by atoms with Crippen LogP contribution in [0.4, 0.5) is 0 Å². The zero-order valence-corrected chi connectivity index (χ0v) is 13.1. The number of halogens is 1. The molecule has 0 unspecified atom stereocenters. The number of nitrogens with zero attached hydrogens (tertiary/aromatic N) is 1. The van der Waals surface area contributed by atoms with Gasteiger partial charge in [0, 0.05) is 24.9 Å². The average Bonchev–Trinajstić information content (AvgIpc) is 2.49. The van der Waals surface area contributed by atoms with Gasteiger partial charge in [-0.3, -0.25) is 4.79 Å². The number of likely N-dealkylation sites (tertiary alicyclic amines) is 1. The van der Waals surface area contributed by atoms with Crippen LogP contribution in [-0.4, -0.2) is 36.4 Å². The van der Waals surface area contributed by atoms with Gasteiger partial charge < -0.3 is 9.64 Å². The fourth-order valence-corrected chi connectivity index (χ4v) is 3.16. The van der Waals surface area contributed by atoms with E-state index in [1.165, 1.54) is 0 Å². The number of carbonyl (C=O) groups excluding carboxylic acids is 1. The van der Waals surface area contributed by atoms with Crippen LogP contribution in [0.3, 0.4) is 0 Å². The minimum atomic E-state index is -0.570. The lowest BCUT2D eigenvalue weighted by Gasteiger charge is -2.49. The standard InChI is InChI=1S/C16H22ClNO2/c1-12-13(2)18(3)10-9-16(12,20-15(19)11-17)14-7-5-4-6-8-14/h4-8,12-13H,9-11H2,1-3H3/t12-,13-,16+/m0/s1. The topological polar surface area (TPSA) is 29.5 Å². The number of esters is 1. The molecule has 1 aromatic carbocycles. The van der Waals surface area contributed by atoms with Gasteiger partial charge in [0.2, 0.25) is 0 Å². The van der Waals surface area contributed by atoms with Crippen molar-refractivity contribution < 1.29 is 9.53 Å². The van der Waals surface area contributed by atoms with Crippen molar-refractivity contribution in [2.24, 2.45) is 5.92 Å². The van der Waals surface area contributed by atoms with Crippen LogP contribution >= 0.6 is 11.6 Å². The van der Waals surface area contributed by atoms with E-state index in [0.29, 0.717) is 6.04 Å². The lowest BCUT2D eigenvalue weighted by Crippen LogP contribution is -2.54. The smallest absolute Gasteiger partial charge is 0.321 e. The molecular weight excluding hydrogens is 274 g/mol. The first-order valence-corrected chi connectivity index (χ1v) is 7.58. The van der Waals surface area contributed by atoms with E-state index in [-0.39, 0.29) is 17.8 Å². The van der Waals surface area contributed by atoms with Crippen LogP contribution in [0.1, 0.15) is 25.8 Å². The van der Waals surface area contributed by atoms with Crippen molar-refractivity contribution in [3.63, 3.8) is 0 Å². The molecule has 0 radical (unpaired) electrons. The quantitative estimate of drug-likeness (QED) is 0.634. The van der Waals surface area contributed by atoms with Crippen LogP contribution in [0.15, 0.2) is 30.3 Å². The van der Waals surface area contributed by atoms with E-state index in [2.05, 4.69) is 25.8 Å². The molecule has 110 valence electrons. The lowest BCUT2D eigenvalue weighted by molar-refractivity contribution is -0.176. The van der Waals surface area contributed by atoms with Gasteiger partial charge in [0.1, 0.15) is 11.5 Å². The largest absolute Gasteiger partial charge is 0.453 e. The molecule has 0 spiro atoms. The van der Waals surface area contributed by atoms with Crippen LogP contribution in [0.2, 0.25) is 0 Å². The van der Waals surface area contributed by atoms with E-state index in [1.54, 1.807) is 0 Å². The summed E-state index contributed by atoms with van der Waals surface area (Å²) in [4.78, 5) is 14.1.